The Morgan fingerprint density at radius 1 is 1.29 bits per heavy atom. The Labute approximate surface area is 106 Å². The summed E-state index contributed by atoms with van der Waals surface area (Å²) in [4.78, 5) is 19.3. The van der Waals surface area contributed by atoms with E-state index in [0.717, 1.165) is 0 Å². The van der Waals surface area contributed by atoms with Crippen molar-refractivity contribution in [1.29, 1.82) is 0 Å². The molecule has 0 fully saturated rings. The maximum Gasteiger partial charge on any atom is 0.364 e. The number of benzene rings is 1. The highest BCUT2D eigenvalue weighted by molar-refractivity contribution is 9.10. The number of nitrogens with zero attached hydrogens (tertiary/aromatic N) is 2. The first-order chi connectivity index (χ1) is 8.16. The van der Waals surface area contributed by atoms with Crippen LogP contribution >= 0.6 is 15.9 Å². The largest absolute Gasteiger partial charge is 0.421 e. The third-order valence-corrected chi connectivity index (χ3v) is 2.56. The summed E-state index contributed by atoms with van der Waals surface area (Å²) in [5.74, 6) is -0.00926. The lowest BCUT2D eigenvalue weighted by atomic mass is 10.3. The first-order valence-corrected chi connectivity index (χ1v) is 5.50. The van der Waals surface area contributed by atoms with Crippen molar-refractivity contribution in [2.24, 2.45) is 0 Å². The van der Waals surface area contributed by atoms with E-state index in [1.165, 1.54) is 12.4 Å². The van der Waals surface area contributed by atoms with Gasteiger partial charge in [-0.15, -0.1) is 0 Å². The number of hydrogen-bond acceptors (Lipinski definition) is 5. The Bertz CT molecular complexity index is 560. The van der Waals surface area contributed by atoms with E-state index in [-0.39, 0.29) is 11.5 Å². The van der Waals surface area contributed by atoms with Crippen LogP contribution in [0.2, 0.25) is 0 Å². The van der Waals surface area contributed by atoms with Crippen LogP contribution < -0.4 is 10.5 Å². The van der Waals surface area contributed by atoms with E-state index >= 15 is 0 Å². The van der Waals surface area contributed by atoms with Crippen LogP contribution in [-0.2, 0) is 0 Å². The summed E-state index contributed by atoms with van der Waals surface area (Å²) in [6, 6.07) is 7.02. The van der Waals surface area contributed by atoms with Gasteiger partial charge in [-0.05, 0) is 28.1 Å². The lowest BCUT2D eigenvalue weighted by molar-refractivity contribution is 0.0727. The normalized spacial score (nSPS) is 9.94. The molecule has 0 amide bonds. The molecule has 0 unspecified atom stereocenters. The van der Waals surface area contributed by atoms with Gasteiger partial charge in [0, 0.05) is 0 Å². The number of nitrogen functional groups attached to an aromatic ring is 1. The fourth-order valence-electron chi connectivity index (χ4n) is 1.16. The van der Waals surface area contributed by atoms with Gasteiger partial charge in [0.25, 0.3) is 0 Å². The molecule has 1 aromatic carbocycles. The van der Waals surface area contributed by atoms with Gasteiger partial charge < -0.3 is 10.5 Å². The van der Waals surface area contributed by atoms with E-state index < -0.39 is 5.97 Å². The number of carbonyl (C=O) groups is 1. The van der Waals surface area contributed by atoms with Crippen molar-refractivity contribution in [2.75, 3.05) is 5.73 Å². The molecule has 2 aromatic rings. The SMILES string of the molecule is Nc1cncc(C(=O)Oc2ccccc2Br)n1. The summed E-state index contributed by atoms with van der Waals surface area (Å²) < 4.78 is 5.83. The number of ether oxygens (including phenoxy) is 1. The first-order valence-electron chi connectivity index (χ1n) is 4.71. The standard InChI is InChI=1S/C11H8BrN3O2/c12-7-3-1-2-4-9(7)17-11(16)8-5-14-6-10(13)15-8/h1-6H,(H2,13,15). The molecule has 2 N–H and O–H groups in total. The molecule has 6 heteroatoms. The summed E-state index contributed by atoms with van der Waals surface area (Å²) in [5.41, 5.74) is 5.50. The van der Waals surface area contributed by atoms with Gasteiger partial charge in [-0.3, -0.25) is 4.98 Å². The number of anilines is 1. The van der Waals surface area contributed by atoms with Gasteiger partial charge in [-0.1, -0.05) is 12.1 Å². The minimum atomic E-state index is -0.600. The van der Waals surface area contributed by atoms with E-state index in [0.29, 0.717) is 10.2 Å². The van der Waals surface area contributed by atoms with Crippen molar-refractivity contribution in [3.63, 3.8) is 0 Å². The molecule has 0 spiro atoms. The van der Waals surface area contributed by atoms with Crippen LogP contribution in [0.15, 0.2) is 41.1 Å². The summed E-state index contributed by atoms with van der Waals surface area (Å²) >= 11 is 3.27. The maximum absolute atomic E-state index is 11.7. The molecule has 0 aliphatic rings. The minimum Gasteiger partial charge on any atom is -0.421 e. The molecular weight excluding hydrogens is 286 g/mol. The van der Waals surface area contributed by atoms with Crippen molar-refractivity contribution in [1.82, 2.24) is 9.97 Å². The molecule has 0 bridgehead atoms. The maximum atomic E-state index is 11.7. The average molecular weight is 294 g/mol. The number of para-hydroxylation sites is 1. The van der Waals surface area contributed by atoms with Crippen LogP contribution in [-0.4, -0.2) is 15.9 Å². The van der Waals surface area contributed by atoms with Gasteiger partial charge >= 0.3 is 5.97 Å². The lowest BCUT2D eigenvalue weighted by Gasteiger charge is -2.05. The monoisotopic (exact) mass is 293 g/mol. The third kappa shape index (κ3) is 2.79. The van der Waals surface area contributed by atoms with E-state index in [2.05, 4.69) is 25.9 Å². The van der Waals surface area contributed by atoms with Crippen LogP contribution in [0, 0.1) is 0 Å². The highest BCUT2D eigenvalue weighted by Crippen LogP contribution is 2.24. The second-order valence-electron chi connectivity index (χ2n) is 3.15. The molecule has 5 nitrogen and oxygen atoms in total. The molecule has 86 valence electrons. The van der Waals surface area contributed by atoms with E-state index in [1.54, 1.807) is 18.2 Å². The smallest absolute Gasteiger partial charge is 0.364 e. The zero-order valence-electron chi connectivity index (χ0n) is 8.63. The molecule has 1 aromatic heterocycles. The fraction of sp³-hybridized carbons (Fsp3) is 0. The molecular formula is C11H8BrN3O2. The van der Waals surface area contributed by atoms with E-state index in [4.69, 9.17) is 10.5 Å². The van der Waals surface area contributed by atoms with Crippen molar-refractivity contribution >= 4 is 27.7 Å². The van der Waals surface area contributed by atoms with Gasteiger partial charge in [-0.25, -0.2) is 9.78 Å². The molecule has 0 atom stereocenters. The van der Waals surface area contributed by atoms with Gasteiger partial charge in [-0.2, -0.15) is 0 Å². The van der Waals surface area contributed by atoms with Gasteiger partial charge in [0.1, 0.15) is 11.6 Å². The topological polar surface area (TPSA) is 78.1 Å². The zero-order chi connectivity index (χ0) is 12.3. The molecule has 2 rings (SSSR count). The number of carbonyl (C=O) groups excluding carboxylic acids is 1. The van der Waals surface area contributed by atoms with Crippen LogP contribution in [0.5, 0.6) is 5.75 Å². The Hall–Kier alpha value is -1.95. The number of rotatable bonds is 2. The molecule has 0 aliphatic carbocycles. The summed E-state index contributed by atoms with van der Waals surface area (Å²) in [6.07, 6.45) is 2.66. The van der Waals surface area contributed by atoms with Crippen molar-refractivity contribution in [2.45, 2.75) is 0 Å². The number of esters is 1. The van der Waals surface area contributed by atoms with Gasteiger partial charge in [0.15, 0.2) is 5.69 Å². The van der Waals surface area contributed by atoms with Gasteiger partial charge in [0.2, 0.25) is 0 Å². The quantitative estimate of drug-likeness (QED) is 0.677. The van der Waals surface area contributed by atoms with Crippen LogP contribution in [0.25, 0.3) is 0 Å². The van der Waals surface area contributed by atoms with Crippen LogP contribution in [0.4, 0.5) is 5.82 Å². The number of hydrogen-bond donors (Lipinski definition) is 1. The van der Waals surface area contributed by atoms with E-state index in [9.17, 15) is 4.79 Å². The Balaban J connectivity index is 2.20. The number of halogens is 1. The van der Waals surface area contributed by atoms with Crippen molar-refractivity contribution in [3.8, 4) is 5.75 Å². The Morgan fingerprint density at radius 3 is 2.76 bits per heavy atom. The molecule has 0 radical (unpaired) electrons. The predicted octanol–water partition coefficient (Wildman–Crippen LogP) is 2.04. The number of nitrogens with two attached hydrogens (primary N) is 1. The van der Waals surface area contributed by atoms with Crippen LogP contribution in [0.3, 0.4) is 0 Å². The average Bonchev–Trinajstić information content (AvgIpc) is 2.32. The predicted molar refractivity (Wildman–Crippen MR) is 65.5 cm³/mol. The van der Waals surface area contributed by atoms with Crippen molar-refractivity contribution in [3.05, 3.63) is 46.8 Å². The Morgan fingerprint density at radius 2 is 2.06 bits per heavy atom. The fourth-order valence-corrected chi connectivity index (χ4v) is 1.52. The molecule has 0 aliphatic heterocycles. The second-order valence-corrected chi connectivity index (χ2v) is 4.00. The highest BCUT2D eigenvalue weighted by atomic mass is 79.9. The molecule has 17 heavy (non-hydrogen) atoms. The van der Waals surface area contributed by atoms with Crippen LogP contribution in [0.1, 0.15) is 10.5 Å². The Kier molecular flexibility index (Phi) is 3.34. The number of aromatic nitrogens is 2. The minimum absolute atomic E-state index is 0.0701. The van der Waals surface area contributed by atoms with Crippen molar-refractivity contribution < 1.29 is 9.53 Å². The zero-order valence-corrected chi connectivity index (χ0v) is 10.2. The second kappa shape index (κ2) is 4.92. The van der Waals surface area contributed by atoms with Gasteiger partial charge in [0.05, 0.1) is 16.9 Å². The van der Waals surface area contributed by atoms with E-state index in [1.807, 2.05) is 6.07 Å². The third-order valence-electron chi connectivity index (χ3n) is 1.90. The first kappa shape index (κ1) is 11.5. The highest BCUT2D eigenvalue weighted by Gasteiger charge is 2.12. The molecule has 0 saturated heterocycles. The summed E-state index contributed by atoms with van der Waals surface area (Å²) in [6.45, 7) is 0. The lowest BCUT2D eigenvalue weighted by Crippen LogP contribution is -2.12. The summed E-state index contributed by atoms with van der Waals surface area (Å²) in [5, 5.41) is 0. The summed E-state index contributed by atoms with van der Waals surface area (Å²) in [7, 11) is 0. The molecule has 0 saturated carbocycles. The molecule has 1 heterocycles.